The van der Waals surface area contributed by atoms with Gasteiger partial charge < -0.3 is 15.5 Å². The summed E-state index contributed by atoms with van der Waals surface area (Å²) in [6.07, 6.45) is 2.76. The van der Waals surface area contributed by atoms with E-state index in [0.29, 0.717) is 30.7 Å². The Morgan fingerprint density at radius 2 is 1.81 bits per heavy atom. The van der Waals surface area contributed by atoms with Gasteiger partial charge in [-0.25, -0.2) is 0 Å². The fourth-order valence-corrected chi connectivity index (χ4v) is 4.47. The Hall–Kier alpha value is -2.82. The highest BCUT2D eigenvalue weighted by molar-refractivity contribution is 5.80. The lowest BCUT2D eigenvalue weighted by molar-refractivity contribution is -0.127. The van der Waals surface area contributed by atoms with Crippen LogP contribution in [0.4, 0.5) is 0 Å². The molecule has 0 bridgehead atoms. The van der Waals surface area contributed by atoms with Gasteiger partial charge in [-0.05, 0) is 42.7 Å². The SMILES string of the molecule is CCNC(=NCC1CC(=O)N(CCc2ccccc2)C1)NCC1CC1c1ccccc1. The van der Waals surface area contributed by atoms with Gasteiger partial charge in [-0.15, -0.1) is 0 Å². The number of nitrogens with one attached hydrogen (secondary N) is 2. The molecule has 1 saturated carbocycles. The summed E-state index contributed by atoms with van der Waals surface area (Å²) >= 11 is 0. The third-order valence-corrected chi connectivity index (χ3v) is 6.34. The Kier molecular flexibility index (Phi) is 7.23. The Labute approximate surface area is 186 Å². The number of carbonyl (C=O) groups is 1. The maximum atomic E-state index is 12.4. The number of hydrogen-bond acceptors (Lipinski definition) is 2. The van der Waals surface area contributed by atoms with Gasteiger partial charge in [-0.3, -0.25) is 9.79 Å². The van der Waals surface area contributed by atoms with E-state index in [1.807, 2.05) is 11.0 Å². The van der Waals surface area contributed by atoms with Gasteiger partial charge in [0.2, 0.25) is 5.91 Å². The minimum Gasteiger partial charge on any atom is -0.357 e. The lowest BCUT2D eigenvalue weighted by atomic mass is 10.1. The Balaban J connectivity index is 1.22. The van der Waals surface area contributed by atoms with Crippen LogP contribution in [0.2, 0.25) is 0 Å². The first-order valence-corrected chi connectivity index (χ1v) is 11.6. The number of hydrogen-bond donors (Lipinski definition) is 2. The standard InChI is InChI=1S/C26H34N4O/c1-2-27-26(29-18-23-16-24(23)22-11-7-4-8-12-22)28-17-21-15-25(31)30(19-21)14-13-20-9-5-3-6-10-20/h3-12,21,23-24H,2,13-19H2,1H3,(H2,27,28,29). The molecule has 5 nitrogen and oxygen atoms in total. The van der Waals surface area contributed by atoms with Crippen LogP contribution in [0, 0.1) is 11.8 Å². The largest absolute Gasteiger partial charge is 0.357 e. The molecule has 4 rings (SSSR count). The molecule has 1 saturated heterocycles. The van der Waals surface area contributed by atoms with E-state index < -0.39 is 0 Å². The average molecular weight is 419 g/mol. The van der Waals surface area contributed by atoms with Crippen LogP contribution in [0.25, 0.3) is 0 Å². The van der Waals surface area contributed by atoms with E-state index >= 15 is 0 Å². The molecule has 2 aromatic carbocycles. The summed E-state index contributed by atoms with van der Waals surface area (Å²) in [5, 5.41) is 6.87. The highest BCUT2D eigenvalue weighted by Gasteiger charge is 2.37. The average Bonchev–Trinajstić information content (AvgIpc) is 3.50. The van der Waals surface area contributed by atoms with E-state index in [1.54, 1.807) is 0 Å². The van der Waals surface area contributed by atoms with E-state index in [1.165, 1.54) is 17.5 Å². The van der Waals surface area contributed by atoms with Crippen LogP contribution in [0.15, 0.2) is 65.7 Å². The van der Waals surface area contributed by atoms with Crippen LogP contribution in [-0.2, 0) is 11.2 Å². The summed E-state index contributed by atoms with van der Waals surface area (Å²) in [5.74, 6) is 2.78. The van der Waals surface area contributed by atoms with Crippen molar-refractivity contribution in [2.24, 2.45) is 16.8 Å². The highest BCUT2D eigenvalue weighted by Crippen LogP contribution is 2.46. The Morgan fingerprint density at radius 3 is 2.55 bits per heavy atom. The summed E-state index contributed by atoms with van der Waals surface area (Å²) < 4.78 is 0. The molecule has 1 aliphatic carbocycles. The number of aliphatic imine (C=N–C) groups is 1. The van der Waals surface area contributed by atoms with E-state index in [0.717, 1.165) is 38.6 Å². The second-order valence-electron chi connectivity index (χ2n) is 8.76. The van der Waals surface area contributed by atoms with Crippen molar-refractivity contribution >= 4 is 11.9 Å². The Bertz CT molecular complexity index is 867. The number of amides is 1. The van der Waals surface area contributed by atoms with E-state index in [9.17, 15) is 4.79 Å². The van der Waals surface area contributed by atoms with Gasteiger partial charge in [0.05, 0.1) is 0 Å². The fraction of sp³-hybridized carbons (Fsp3) is 0.462. The molecule has 2 N–H and O–H groups in total. The van der Waals surface area contributed by atoms with Crippen molar-refractivity contribution in [1.29, 1.82) is 0 Å². The van der Waals surface area contributed by atoms with E-state index in [-0.39, 0.29) is 5.91 Å². The van der Waals surface area contributed by atoms with E-state index in [2.05, 4.69) is 72.2 Å². The maximum Gasteiger partial charge on any atom is 0.223 e. The first-order chi connectivity index (χ1) is 15.2. The van der Waals surface area contributed by atoms with Gasteiger partial charge in [0.25, 0.3) is 0 Å². The van der Waals surface area contributed by atoms with Crippen molar-refractivity contribution in [3.05, 3.63) is 71.8 Å². The molecule has 0 radical (unpaired) electrons. The van der Waals surface area contributed by atoms with Crippen LogP contribution in [0.5, 0.6) is 0 Å². The third-order valence-electron chi connectivity index (χ3n) is 6.34. The quantitative estimate of drug-likeness (QED) is 0.485. The second-order valence-corrected chi connectivity index (χ2v) is 8.76. The van der Waals surface area contributed by atoms with Crippen molar-refractivity contribution in [2.75, 3.05) is 32.7 Å². The van der Waals surface area contributed by atoms with Gasteiger partial charge in [0.15, 0.2) is 5.96 Å². The van der Waals surface area contributed by atoms with Crippen molar-refractivity contribution in [1.82, 2.24) is 15.5 Å². The molecule has 164 valence electrons. The van der Waals surface area contributed by atoms with Crippen molar-refractivity contribution in [2.45, 2.75) is 32.1 Å². The molecule has 0 spiro atoms. The topological polar surface area (TPSA) is 56.7 Å². The van der Waals surface area contributed by atoms with Crippen LogP contribution < -0.4 is 10.6 Å². The van der Waals surface area contributed by atoms with E-state index in [4.69, 9.17) is 4.99 Å². The lowest BCUT2D eigenvalue weighted by Gasteiger charge is -2.16. The molecule has 2 aromatic rings. The number of likely N-dealkylation sites (tertiary alicyclic amines) is 1. The zero-order valence-electron chi connectivity index (χ0n) is 18.5. The van der Waals surface area contributed by atoms with Crippen molar-refractivity contribution in [3.8, 4) is 0 Å². The monoisotopic (exact) mass is 418 g/mol. The van der Waals surface area contributed by atoms with Gasteiger partial charge >= 0.3 is 0 Å². The Morgan fingerprint density at radius 1 is 1.06 bits per heavy atom. The number of guanidine groups is 1. The molecule has 1 heterocycles. The maximum absolute atomic E-state index is 12.4. The number of carbonyl (C=O) groups excluding carboxylic acids is 1. The van der Waals surface area contributed by atoms with Gasteiger partial charge in [0, 0.05) is 45.1 Å². The normalized spacial score (nSPS) is 23.1. The summed E-state index contributed by atoms with van der Waals surface area (Å²) in [6, 6.07) is 21.2. The molecular weight excluding hydrogens is 384 g/mol. The van der Waals surface area contributed by atoms with Gasteiger partial charge in [-0.2, -0.15) is 0 Å². The first kappa shape index (κ1) is 21.4. The minimum absolute atomic E-state index is 0.262. The van der Waals surface area contributed by atoms with Crippen molar-refractivity contribution in [3.63, 3.8) is 0 Å². The molecule has 3 unspecified atom stereocenters. The fourth-order valence-electron chi connectivity index (χ4n) is 4.47. The molecule has 0 aromatic heterocycles. The molecular formula is C26H34N4O. The summed E-state index contributed by atoms with van der Waals surface area (Å²) in [6.45, 7) is 6.17. The van der Waals surface area contributed by atoms with Crippen LogP contribution in [-0.4, -0.2) is 49.5 Å². The lowest BCUT2D eigenvalue weighted by Crippen LogP contribution is -2.39. The zero-order chi connectivity index (χ0) is 21.5. The highest BCUT2D eigenvalue weighted by atomic mass is 16.2. The second kappa shape index (κ2) is 10.5. The predicted octanol–water partition coefficient (Wildman–Crippen LogP) is 3.44. The van der Waals surface area contributed by atoms with Crippen LogP contribution in [0.1, 0.15) is 36.8 Å². The summed E-state index contributed by atoms with van der Waals surface area (Å²) in [4.78, 5) is 19.2. The van der Waals surface area contributed by atoms with Crippen molar-refractivity contribution < 1.29 is 4.79 Å². The molecule has 1 aliphatic heterocycles. The molecule has 31 heavy (non-hydrogen) atoms. The number of rotatable bonds is 9. The van der Waals surface area contributed by atoms with Gasteiger partial charge in [0.1, 0.15) is 0 Å². The van der Waals surface area contributed by atoms with Crippen LogP contribution >= 0.6 is 0 Å². The predicted molar refractivity (Wildman–Crippen MR) is 126 cm³/mol. The summed E-state index contributed by atoms with van der Waals surface area (Å²) in [7, 11) is 0. The molecule has 1 amide bonds. The molecule has 3 atom stereocenters. The number of nitrogens with zero attached hydrogens (tertiary/aromatic N) is 2. The number of benzene rings is 2. The molecule has 5 heteroatoms. The van der Waals surface area contributed by atoms with Gasteiger partial charge in [-0.1, -0.05) is 60.7 Å². The molecule has 2 fully saturated rings. The molecule has 2 aliphatic rings. The van der Waals surface area contributed by atoms with Crippen LogP contribution in [0.3, 0.4) is 0 Å². The minimum atomic E-state index is 0.262. The third kappa shape index (κ3) is 6.09. The smallest absolute Gasteiger partial charge is 0.223 e. The summed E-state index contributed by atoms with van der Waals surface area (Å²) in [5.41, 5.74) is 2.72. The first-order valence-electron chi connectivity index (χ1n) is 11.6. The zero-order valence-corrected chi connectivity index (χ0v) is 18.5.